The Kier molecular flexibility index (Phi) is 5.18. The van der Waals surface area contributed by atoms with E-state index in [2.05, 4.69) is 9.17 Å². The lowest BCUT2D eigenvalue weighted by molar-refractivity contribution is -0.0499. The minimum Gasteiger partial charge on any atom is -0.375 e. The molecule has 0 amide bonds. The third kappa shape index (κ3) is 3.50. The van der Waals surface area contributed by atoms with Gasteiger partial charge < -0.3 is 8.75 Å². The fraction of sp³-hybridized carbons (Fsp3) is 0.0741. The van der Waals surface area contributed by atoms with Crippen LogP contribution in [0.3, 0.4) is 0 Å². The van der Waals surface area contributed by atoms with E-state index in [1.54, 1.807) is 28.8 Å². The molecule has 1 aliphatic rings. The number of nitrogens with zero attached hydrogens (tertiary/aromatic N) is 2. The number of carbonyl (C=O) groups excluding carboxylic acids is 2. The molecular formula is C27H15F3N2O5S. The third-order valence-corrected chi connectivity index (χ3v) is 7.37. The summed E-state index contributed by atoms with van der Waals surface area (Å²) in [5.74, 6) is -1.96. The largest absolute Gasteiger partial charge is 0.534 e. The first-order chi connectivity index (χ1) is 18.1. The number of halogens is 3. The number of pyridine rings is 1. The highest BCUT2D eigenvalue weighted by Gasteiger charge is 2.49. The minimum absolute atomic E-state index is 0.00561. The van der Waals surface area contributed by atoms with Gasteiger partial charge >= 0.3 is 15.6 Å². The Morgan fingerprint density at radius 2 is 1.55 bits per heavy atom. The maximum atomic E-state index is 14.1. The molecule has 7 nitrogen and oxygen atoms in total. The molecule has 0 unspecified atom stereocenters. The van der Waals surface area contributed by atoms with Gasteiger partial charge in [-0.15, -0.1) is 0 Å². The molecule has 2 heterocycles. The second-order valence-electron chi connectivity index (χ2n) is 8.65. The molecule has 0 spiro atoms. The number of hydrogen-bond donors (Lipinski definition) is 0. The maximum absolute atomic E-state index is 14.1. The fourth-order valence-corrected chi connectivity index (χ4v) is 5.28. The Labute approximate surface area is 213 Å². The fourth-order valence-electron chi connectivity index (χ4n) is 4.81. The van der Waals surface area contributed by atoms with Gasteiger partial charge in [0.25, 0.3) is 0 Å². The lowest BCUT2D eigenvalue weighted by Crippen LogP contribution is -2.28. The van der Waals surface area contributed by atoms with Gasteiger partial charge in [0.2, 0.25) is 5.78 Å². The molecule has 2 aromatic heterocycles. The van der Waals surface area contributed by atoms with E-state index in [4.69, 9.17) is 0 Å². The summed E-state index contributed by atoms with van der Waals surface area (Å²) in [5, 5.41) is 0.241. The van der Waals surface area contributed by atoms with Crippen LogP contribution >= 0.6 is 0 Å². The molecule has 5 aromatic rings. The number of rotatable bonds is 4. The van der Waals surface area contributed by atoms with Crippen LogP contribution in [0.2, 0.25) is 0 Å². The van der Waals surface area contributed by atoms with Gasteiger partial charge in [0.15, 0.2) is 11.5 Å². The smallest absolute Gasteiger partial charge is 0.375 e. The Morgan fingerprint density at radius 1 is 0.842 bits per heavy atom. The second kappa shape index (κ2) is 8.25. The number of para-hydroxylation sites is 1. The minimum atomic E-state index is -6.06. The lowest BCUT2D eigenvalue weighted by Gasteiger charge is -2.20. The van der Waals surface area contributed by atoms with Crippen molar-refractivity contribution in [3.05, 3.63) is 107 Å². The summed E-state index contributed by atoms with van der Waals surface area (Å²) < 4.78 is 69.1. The highest BCUT2D eigenvalue weighted by molar-refractivity contribution is 7.88. The zero-order chi connectivity index (χ0) is 26.8. The van der Waals surface area contributed by atoms with Gasteiger partial charge in [0.1, 0.15) is 5.69 Å². The van der Waals surface area contributed by atoms with Crippen molar-refractivity contribution in [1.29, 1.82) is 0 Å². The van der Waals surface area contributed by atoms with E-state index in [-0.39, 0.29) is 39.8 Å². The van der Waals surface area contributed by atoms with E-state index in [1.807, 2.05) is 30.3 Å². The third-order valence-electron chi connectivity index (χ3n) is 6.41. The van der Waals surface area contributed by atoms with Crippen LogP contribution in [-0.4, -0.2) is 35.0 Å². The van der Waals surface area contributed by atoms with Crippen molar-refractivity contribution in [3.8, 4) is 5.75 Å². The van der Waals surface area contributed by atoms with E-state index >= 15 is 0 Å². The molecule has 0 radical (unpaired) electrons. The van der Waals surface area contributed by atoms with Gasteiger partial charge in [0, 0.05) is 23.6 Å². The molecular weight excluding hydrogens is 521 g/mol. The molecule has 0 saturated carbocycles. The van der Waals surface area contributed by atoms with Crippen LogP contribution in [0.4, 0.5) is 13.2 Å². The molecule has 3 aromatic carbocycles. The van der Waals surface area contributed by atoms with Crippen molar-refractivity contribution in [3.63, 3.8) is 0 Å². The van der Waals surface area contributed by atoms with Crippen molar-refractivity contribution in [2.24, 2.45) is 0 Å². The van der Waals surface area contributed by atoms with Gasteiger partial charge in [-0.1, -0.05) is 54.6 Å². The van der Waals surface area contributed by atoms with Crippen LogP contribution in [0.1, 0.15) is 37.5 Å². The van der Waals surface area contributed by atoms with Crippen molar-refractivity contribution < 1.29 is 35.4 Å². The summed E-state index contributed by atoms with van der Waals surface area (Å²) in [6, 6.07) is 19.8. The molecule has 1 aliphatic carbocycles. The van der Waals surface area contributed by atoms with Crippen LogP contribution in [0, 0.1) is 0 Å². The molecule has 0 N–H and O–H groups in total. The Hall–Kier alpha value is -4.51. The summed E-state index contributed by atoms with van der Waals surface area (Å²) in [5.41, 5.74) is -4.46. The first-order valence-corrected chi connectivity index (χ1v) is 12.7. The summed E-state index contributed by atoms with van der Waals surface area (Å²) in [6.07, 6.45) is 1.17. The second-order valence-corrected chi connectivity index (χ2v) is 10.2. The number of carbonyl (C=O) groups is 2. The quantitative estimate of drug-likeness (QED) is 0.226. The molecule has 0 bridgehead atoms. The molecule has 0 fully saturated rings. The molecule has 38 heavy (non-hydrogen) atoms. The van der Waals surface area contributed by atoms with E-state index in [1.165, 1.54) is 18.3 Å². The number of hydrogen-bond acceptors (Lipinski definition) is 6. The van der Waals surface area contributed by atoms with E-state index in [0.29, 0.717) is 10.9 Å². The molecule has 0 saturated heterocycles. The van der Waals surface area contributed by atoms with Gasteiger partial charge in [-0.05, 0) is 23.8 Å². The number of alkyl halides is 3. The lowest BCUT2D eigenvalue weighted by atomic mass is 9.85. The van der Waals surface area contributed by atoms with Crippen LogP contribution in [-0.2, 0) is 16.7 Å². The van der Waals surface area contributed by atoms with Crippen molar-refractivity contribution in [2.75, 3.05) is 0 Å². The maximum Gasteiger partial charge on any atom is 0.534 e. The van der Waals surface area contributed by atoms with Crippen LogP contribution < -0.4 is 4.18 Å². The van der Waals surface area contributed by atoms with E-state index in [9.17, 15) is 31.2 Å². The van der Waals surface area contributed by atoms with Gasteiger partial charge in [-0.25, -0.2) is 0 Å². The van der Waals surface area contributed by atoms with Gasteiger partial charge in [-0.3, -0.25) is 14.6 Å². The zero-order valence-corrected chi connectivity index (χ0v) is 20.0. The van der Waals surface area contributed by atoms with Crippen LogP contribution in [0.15, 0.2) is 79.0 Å². The SMILES string of the molecule is O=C1c2cnc3cccc(OS(=O)(=O)C(F)(F)F)c3c2C(=O)c2c1c1ccccc1n2Cc1ccccc1. The number of benzene rings is 3. The summed E-state index contributed by atoms with van der Waals surface area (Å²) in [6.45, 7) is 0.236. The number of ketones is 2. The standard InChI is InChI=1S/C27H15F3N2O5S/c28-27(29,30)38(35,36)37-20-12-6-10-18-23(20)21-17(13-31-18)25(33)22-16-9-4-5-11-19(16)32(24(22)26(21)34)14-15-7-2-1-3-8-15/h1-13H,14H2. The number of aromatic nitrogens is 2. The molecule has 190 valence electrons. The molecule has 6 rings (SSSR count). The predicted molar refractivity (Wildman–Crippen MR) is 132 cm³/mol. The Morgan fingerprint density at radius 3 is 2.29 bits per heavy atom. The van der Waals surface area contributed by atoms with Crippen molar-refractivity contribution in [1.82, 2.24) is 9.55 Å². The van der Waals surface area contributed by atoms with Gasteiger partial charge in [0.05, 0.1) is 27.6 Å². The molecule has 0 aliphatic heterocycles. The highest BCUT2D eigenvalue weighted by Crippen LogP contribution is 2.41. The normalized spacial score (nSPS) is 13.6. The average molecular weight is 536 g/mol. The van der Waals surface area contributed by atoms with Crippen molar-refractivity contribution >= 4 is 43.5 Å². The predicted octanol–water partition coefficient (Wildman–Crippen LogP) is 5.24. The Balaban J connectivity index is 1.63. The first-order valence-electron chi connectivity index (χ1n) is 11.3. The summed E-state index contributed by atoms with van der Waals surface area (Å²) in [4.78, 5) is 32.0. The Bertz CT molecular complexity index is 1910. The van der Waals surface area contributed by atoms with Gasteiger partial charge in [-0.2, -0.15) is 21.6 Å². The average Bonchev–Trinajstić information content (AvgIpc) is 3.21. The summed E-state index contributed by atoms with van der Waals surface area (Å²) in [7, 11) is -6.06. The summed E-state index contributed by atoms with van der Waals surface area (Å²) >= 11 is 0. The topological polar surface area (TPSA) is 95.3 Å². The van der Waals surface area contributed by atoms with E-state index in [0.717, 1.165) is 11.6 Å². The first kappa shape index (κ1) is 23.9. The van der Waals surface area contributed by atoms with E-state index < -0.39 is 32.9 Å². The monoisotopic (exact) mass is 536 g/mol. The van der Waals surface area contributed by atoms with Crippen LogP contribution in [0.25, 0.3) is 21.8 Å². The highest BCUT2D eigenvalue weighted by atomic mass is 32.2. The van der Waals surface area contributed by atoms with Crippen LogP contribution in [0.5, 0.6) is 5.75 Å². The number of fused-ring (bicyclic) bond motifs is 6. The zero-order valence-electron chi connectivity index (χ0n) is 19.2. The molecule has 0 atom stereocenters. The van der Waals surface area contributed by atoms with Crippen molar-refractivity contribution in [2.45, 2.75) is 12.1 Å². The molecule has 11 heteroatoms.